The summed E-state index contributed by atoms with van der Waals surface area (Å²) in [5, 5.41) is 15.2. The normalized spacial score (nSPS) is 18.4. The topological polar surface area (TPSA) is 62.1 Å². The molecule has 0 unspecified atom stereocenters. The third kappa shape index (κ3) is 3.97. The van der Waals surface area contributed by atoms with Gasteiger partial charge in [0.1, 0.15) is 11.5 Å². The third-order valence-corrected chi connectivity index (χ3v) is 5.30. The van der Waals surface area contributed by atoms with E-state index in [4.69, 9.17) is 4.74 Å². The zero-order valence-corrected chi connectivity index (χ0v) is 17.0. The summed E-state index contributed by atoms with van der Waals surface area (Å²) in [6, 6.07) is 21.6. The van der Waals surface area contributed by atoms with Crippen molar-refractivity contribution in [3.63, 3.8) is 0 Å². The van der Waals surface area contributed by atoms with E-state index < -0.39 is 29.9 Å². The number of benzene rings is 3. The van der Waals surface area contributed by atoms with Crippen LogP contribution in [0, 0.1) is 0 Å². The van der Waals surface area contributed by atoms with Gasteiger partial charge in [-0.3, -0.25) is 4.79 Å². The van der Waals surface area contributed by atoms with Crippen LogP contribution in [-0.2, 0) is 5.72 Å². The Labute approximate surface area is 182 Å². The Hall–Kier alpha value is -3.65. The van der Waals surface area contributed by atoms with Crippen LogP contribution in [0.2, 0.25) is 0 Å². The van der Waals surface area contributed by atoms with Gasteiger partial charge in [-0.05, 0) is 35.4 Å². The molecular formula is C24H19F3N2O3. The largest absolute Gasteiger partial charge is 0.497 e. The summed E-state index contributed by atoms with van der Waals surface area (Å²) in [5.74, 6) is -0.385. The van der Waals surface area contributed by atoms with Crippen LogP contribution in [0.4, 0.5) is 13.2 Å². The lowest BCUT2D eigenvalue weighted by Gasteiger charge is -2.31. The summed E-state index contributed by atoms with van der Waals surface area (Å²) in [6.45, 7) is 0. The van der Waals surface area contributed by atoms with E-state index >= 15 is 0 Å². The molecule has 1 heterocycles. The summed E-state index contributed by atoms with van der Waals surface area (Å²) < 4.78 is 45.3. The third-order valence-electron chi connectivity index (χ3n) is 5.30. The monoisotopic (exact) mass is 440 g/mol. The highest BCUT2D eigenvalue weighted by atomic mass is 19.4. The van der Waals surface area contributed by atoms with Crippen molar-refractivity contribution in [2.45, 2.75) is 18.3 Å². The first-order valence-corrected chi connectivity index (χ1v) is 9.74. The SMILES string of the molecule is COc1ccc([C@@]2(O)CC(C(F)(F)F)=NN2C(=O)c2ccc(-c3ccccc3)cc2)cc1. The summed E-state index contributed by atoms with van der Waals surface area (Å²) in [7, 11) is 1.44. The molecule has 0 radical (unpaired) electrons. The van der Waals surface area contributed by atoms with Gasteiger partial charge in [0.05, 0.1) is 13.5 Å². The van der Waals surface area contributed by atoms with E-state index in [9.17, 15) is 23.1 Å². The second kappa shape index (κ2) is 8.12. The van der Waals surface area contributed by atoms with Gasteiger partial charge in [-0.25, -0.2) is 0 Å². The van der Waals surface area contributed by atoms with Crippen molar-refractivity contribution in [2.75, 3.05) is 7.11 Å². The number of hydrogen-bond donors (Lipinski definition) is 1. The number of nitrogens with zero attached hydrogens (tertiary/aromatic N) is 2. The number of rotatable bonds is 4. The molecule has 3 aromatic carbocycles. The smallest absolute Gasteiger partial charge is 0.431 e. The van der Waals surface area contributed by atoms with E-state index in [-0.39, 0.29) is 11.1 Å². The van der Waals surface area contributed by atoms with Crippen molar-refractivity contribution < 1.29 is 27.8 Å². The number of carbonyl (C=O) groups is 1. The van der Waals surface area contributed by atoms with Crippen molar-refractivity contribution in [3.8, 4) is 16.9 Å². The maximum atomic E-state index is 13.4. The van der Waals surface area contributed by atoms with Gasteiger partial charge in [0.25, 0.3) is 5.91 Å². The van der Waals surface area contributed by atoms with Crippen LogP contribution in [0.3, 0.4) is 0 Å². The predicted molar refractivity (Wildman–Crippen MR) is 113 cm³/mol. The molecule has 1 atom stereocenters. The van der Waals surface area contributed by atoms with Gasteiger partial charge >= 0.3 is 6.18 Å². The van der Waals surface area contributed by atoms with E-state index in [0.717, 1.165) is 11.1 Å². The number of amides is 1. The van der Waals surface area contributed by atoms with Crippen molar-refractivity contribution >= 4 is 11.6 Å². The number of carbonyl (C=O) groups excluding carboxylic acids is 1. The summed E-state index contributed by atoms with van der Waals surface area (Å²) >= 11 is 0. The molecule has 1 amide bonds. The van der Waals surface area contributed by atoms with Gasteiger partial charge in [0.2, 0.25) is 0 Å². The molecule has 0 bridgehead atoms. The Morgan fingerprint density at radius 2 is 1.56 bits per heavy atom. The molecule has 1 aliphatic rings. The highest BCUT2D eigenvalue weighted by Crippen LogP contribution is 2.41. The Kier molecular flexibility index (Phi) is 5.48. The average Bonchev–Trinajstić information content (AvgIpc) is 3.18. The molecule has 0 aromatic heterocycles. The van der Waals surface area contributed by atoms with Gasteiger partial charge in [0.15, 0.2) is 5.72 Å². The van der Waals surface area contributed by atoms with Crippen molar-refractivity contribution in [3.05, 3.63) is 90.0 Å². The highest BCUT2D eigenvalue weighted by Gasteiger charge is 2.53. The van der Waals surface area contributed by atoms with E-state index in [1.807, 2.05) is 30.3 Å². The lowest BCUT2D eigenvalue weighted by Crippen LogP contribution is -2.43. The summed E-state index contributed by atoms with van der Waals surface area (Å²) in [4.78, 5) is 13.1. The van der Waals surface area contributed by atoms with Crippen LogP contribution in [-0.4, -0.2) is 35.0 Å². The number of ether oxygens (including phenoxy) is 1. The number of alkyl halides is 3. The molecule has 164 valence electrons. The molecule has 1 N–H and O–H groups in total. The van der Waals surface area contributed by atoms with Crippen LogP contribution in [0.25, 0.3) is 11.1 Å². The van der Waals surface area contributed by atoms with Crippen LogP contribution < -0.4 is 4.74 Å². The number of hydrogen-bond acceptors (Lipinski definition) is 4. The lowest BCUT2D eigenvalue weighted by molar-refractivity contribution is -0.0816. The van der Waals surface area contributed by atoms with Crippen LogP contribution in [0.5, 0.6) is 5.75 Å². The summed E-state index contributed by atoms with van der Waals surface area (Å²) in [5.41, 5.74) is -1.55. The molecular weight excluding hydrogens is 421 g/mol. The molecule has 5 nitrogen and oxygen atoms in total. The van der Waals surface area contributed by atoms with Gasteiger partial charge in [0, 0.05) is 11.1 Å². The van der Waals surface area contributed by atoms with Gasteiger partial charge < -0.3 is 9.84 Å². The Morgan fingerprint density at radius 1 is 0.969 bits per heavy atom. The first-order valence-electron chi connectivity index (χ1n) is 9.74. The Balaban J connectivity index is 1.70. The Bertz CT molecular complexity index is 1140. The molecule has 1 aliphatic heterocycles. The van der Waals surface area contributed by atoms with E-state index in [0.29, 0.717) is 10.8 Å². The average molecular weight is 440 g/mol. The van der Waals surface area contributed by atoms with Crippen molar-refractivity contribution in [1.82, 2.24) is 5.01 Å². The first kappa shape index (κ1) is 21.6. The van der Waals surface area contributed by atoms with Crippen LogP contribution >= 0.6 is 0 Å². The van der Waals surface area contributed by atoms with Gasteiger partial charge in [-0.2, -0.15) is 23.3 Å². The lowest BCUT2D eigenvalue weighted by atomic mass is 9.96. The van der Waals surface area contributed by atoms with Crippen LogP contribution in [0.15, 0.2) is 84.0 Å². The molecule has 0 fully saturated rings. The second-order valence-electron chi connectivity index (χ2n) is 7.33. The molecule has 0 spiro atoms. The zero-order chi connectivity index (χ0) is 22.9. The van der Waals surface area contributed by atoms with Crippen molar-refractivity contribution in [2.24, 2.45) is 5.10 Å². The Morgan fingerprint density at radius 3 is 2.12 bits per heavy atom. The maximum Gasteiger partial charge on any atom is 0.431 e. The van der Waals surface area contributed by atoms with Gasteiger partial charge in [-0.1, -0.05) is 54.6 Å². The minimum absolute atomic E-state index is 0.0931. The number of hydrazone groups is 1. The quantitative estimate of drug-likeness (QED) is 0.623. The summed E-state index contributed by atoms with van der Waals surface area (Å²) in [6.07, 6.45) is -5.66. The van der Waals surface area contributed by atoms with E-state index in [1.54, 1.807) is 12.1 Å². The molecule has 4 rings (SSSR count). The highest BCUT2D eigenvalue weighted by molar-refractivity contribution is 6.00. The molecule has 0 aliphatic carbocycles. The fourth-order valence-corrected chi connectivity index (χ4v) is 3.56. The molecule has 3 aromatic rings. The molecule has 32 heavy (non-hydrogen) atoms. The van der Waals surface area contributed by atoms with E-state index in [1.165, 1.54) is 43.5 Å². The fourth-order valence-electron chi connectivity index (χ4n) is 3.56. The minimum Gasteiger partial charge on any atom is -0.497 e. The molecule has 0 saturated heterocycles. The fraction of sp³-hybridized carbons (Fsp3) is 0.167. The number of aliphatic hydroxyl groups is 1. The maximum absolute atomic E-state index is 13.4. The first-order chi connectivity index (χ1) is 15.2. The second-order valence-corrected chi connectivity index (χ2v) is 7.33. The van der Waals surface area contributed by atoms with Crippen molar-refractivity contribution in [1.29, 1.82) is 0 Å². The van der Waals surface area contributed by atoms with Crippen LogP contribution in [0.1, 0.15) is 22.3 Å². The molecule has 8 heteroatoms. The van der Waals surface area contributed by atoms with Gasteiger partial charge in [-0.15, -0.1) is 0 Å². The predicted octanol–water partition coefficient (Wildman–Crippen LogP) is 4.97. The zero-order valence-electron chi connectivity index (χ0n) is 17.0. The molecule has 0 saturated carbocycles. The number of methoxy groups -OCH3 is 1. The minimum atomic E-state index is -4.79. The standard InChI is InChI=1S/C24H19F3N2O3/c1-32-20-13-11-19(12-14-20)23(31)15-21(24(25,26)27)28-29(23)22(30)18-9-7-17(8-10-18)16-5-3-2-4-6-16/h2-14,31H,15H2,1H3/t23-/m0/s1. The van der Waals surface area contributed by atoms with E-state index in [2.05, 4.69) is 5.10 Å². The number of halogens is 3.